The number of ether oxygens (including phenoxy) is 1. The van der Waals surface area contributed by atoms with E-state index in [1.807, 2.05) is 24.3 Å². The first kappa shape index (κ1) is 15.3. The summed E-state index contributed by atoms with van der Waals surface area (Å²) in [7, 11) is 1.58. The molecule has 1 N–H and O–H groups in total. The van der Waals surface area contributed by atoms with Gasteiger partial charge in [0.25, 0.3) is 0 Å². The van der Waals surface area contributed by atoms with E-state index in [2.05, 4.69) is 0 Å². The van der Waals surface area contributed by atoms with Gasteiger partial charge in [-0.05, 0) is 6.07 Å². The Morgan fingerprint density at radius 3 is 2.67 bits per heavy atom. The van der Waals surface area contributed by atoms with Gasteiger partial charge in [-0.1, -0.05) is 18.2 Å². The van der Waals surface area contributed by atoms with Crippen LogP contribution >= 0.6 is 0 Å². The fourth-order valence-corrected chi connectivity index (χ4v) is 2.69. The first-order valence-electron chi connectivity index (χ1n) is 6.87. The molecule has 0 saturated carbocycles. The van der Waals surface area contributed by atoms with Crippen molar-refractivity contribution in [3.05, 3.63) is 29.8 Å². The van der Waals surface area contributed by atoms with Crippen LogP contribution in [0.4, 0.5) is 0 Å². The van der Waals surface area contributed by atoms with E-state index in [0.29, 0.717) is 25.4 Å². The van der Waals surface area contributed by atoms with Gasteiger partial charge in [0.15, 0.2) is 0 Å². The Morgan fingerprint density at radius 2 is 2.05 bits per heavy atom. The van der Waals surface area contributed by atoms with Crippen molar-refractivity contribution in [2.24, 2.45) is 0 Å². The highest BCUT2D eigenvalue weighted by Crippen LogP contribution is 2.32. The van der Waals surface area contributed by atoms with Crippen LogP contribution in [0.2, 0.25) is 0 Å². The molecule has 6 nitrogen and oxygen atoms in total. The monoisotopic (exact) mass is 292 g/mol. The molecule has 21 heavy (non-hydrogen) atoms. The molecule has 0 radical (unpaired) electrons. The number of nitrogens with zero attached hydrogens (tertiary/aromatic N) is 2. The predicted molar refractivity (Wildman–Crippen MR) is 76.8 cm³/mol. The maximum atomic E-state index is 11.9. The van der Waals surface area contributed by atoms with Crippen molar-refractivity contribution in [2.75, 3.05) is 33.4 Å². The van der Waals surface area contributed by atoms with Gasteiger partial charge in [-0.15, -0.1) is 0 Å². The molecule has 1 aromatic carbocycles. The maximum absolute atomic E-state index is 11.9. The average molecular weight is 292 g/mol. The Morgan fingerprint density at radius 1 is 1.33 bits per heavy atom. The minimum Gasteiger partial charge on any atom is -0.496 e. The summed E-state index contributed by atoms with van der Waals surface area (Å²) in [5.41, 5.74) is 0.866. The molecular weight excluding hydrogens is 272 g/mol. The molecule has 1 aliphatic heterocycles. The van der Waals surface area contributed by atoms with Crippen molar-refractivity contribution in [3.8, 4) is 5.75 Å². The maximum Gasteiger partial charge on any atom is 0.248 e. The summed E-state index contributed by atoms with van der Waals surface area (Å²) in [6.07, 6.45) is 0. The summed E-state index contributed by atoms with van der Waals surface area (Å²) in [5, 5.41) is 9.02. The van der Waals surface area contributed by atoms with Crippen LogP contribution in [0.5, 0.6) is 5.75 Å². The molecule has 1 saturated heterocycles. The molecule has 1 aromatic rings. The average Bonchev–Trinajstić information content (AvgIpc) is 2.53. The van der Waals surface area contributed by atoms with Gasteiger partial charge in [0.2, 0.25) is 11.8 Å². The minimum absolute atomic E-state index is 0.0398. The summed E-state index contributed by atoms with van der Waals surface area (Å²) in [5.74, 6) is 0.326. The fraction of sp³-hybridized carbons (Fsp3) is 0.467. The number of carbonyl (C=O) groups excluding carboxylic acids is 2. The van der Waals surface area contributed by atoms with E-state index in [-0.39, 0.29) is 17.9 Å². The van der Waals surface area contributed by atoms with E-state index in [4.69, 9.17) is 9.84 Å². The highest BCUT2D eigenvalue weighted by molar-refractivity contribution is 5.78. The number of hydrogen-bond acceptors (Lipinski definition) is 4. The first-order chi connectivity index (χ1) is 10.1. The lowest BCUT2D eigenvalue weighted by molar-refractivity contribution is -0.143. The van der Waals surface area contributed by atoms with Crippen LogP contribution in [0.1, 0.15) is 18.5 Å². The zero-order valence-electron chi connectivity index (χ0n) is 12.3. The van der Waals surface area contributed by atoms with Crippen molar-refractivity contribution in [1.82, 2.24) is 9.80 Å². The molecule has 0 aromatic heterocycles. The summed E-state index contributed by atoms with van der Waals surface area (Å²) in [6.45, 7) is 2.25. The number of hydrogen-bond donors (Lipinski definition) is 1. The summed E-state index contributed by atoms with van der Waals surface area (Å²) < 4.78 is 5.36. The van der Waals surface area contributed by atoms with Gasteiger partial charge in [0, 0.05) is 32.1 Å². The number of benzene rings is 1. The largest absolute Gasteiger partial charge is 0.496 e. The standard InChI is InChI=1S/C15H20N2O4/c1-11(19)17-8-7-16(15(20)10-18)9-13(17)12-5-3-4-6-14(12)21-2/h3-6,13,18H,7-10H2,1-2H3/t13-/m0/s1. The molecule has 1 heterocycles. The quantitative estimate of drug-likeness (QED) is 0.876. The molecule has 0 aliphatic carbocycles. The smallest absolute Gasteiger partial charge is 0.248 e. The van der Waals surface area contributed by atoms with Gasteiger partial charge in [0.05, 0.1) is 13.2 Å². The van der Waals surface area contributed by atoms with Crippen molar-refractivity contribution in [2.45, 2.75) is 13.0 Å². The van der Waals surface area contributed by atoms with Gasteiger partial charge >= 0.3 is 0 Å². The van der Waals surface area contributed by atoms with E-state index in [1.54, 1.807) is 16.9 Å². The molecule has 2 rings (SSSR count). The number of piperazine rings is 1. The second kappa shape index (κ2) is 6.58. The van der Waals surface area contributed by atoms with E-state index in [1.165, 1.54) is 6.92 Å². The molecule has 0 bridgehead atoms. The van der Waals surface area contributed by atoms with Crippen molar-refractivity contribution >= 4 is 11.8 Å². The van der Waals surface area contributed by atoms with Crippen LogP contribution in [0.25, 0.3) is 0 Å². The third kappa shape index (κ3) is 3.16. The molecule has 0 unspecified atom stereocenters. The molecule has 1 aliphatic rings. The zero-order chi connectivity index (χ0) is 15.4. The van der Waals surface area contributed by atoms with Crippen molar-refractivity contribution in [3.63, 3.8) is 0 Å². The lowest BCUT2D eigenvalue weighted by Crippen LogP contribution is -2.52. The molecule has 6 heteroatoms. The Bertz CT molecular complexity index is 532. The topological polar surface area (TPSA) is 70.1 Å². The van der Waals surface area contributed by atoms with Gasteiger partial charge in [-0.3, -0.25) is 9.59 Å². The highest BCUT2D eigenvalue weighted by Gasteiger charge is 2.33. The number of para-hydroxylation sites is 1. The Balaban J connectivity index is 2.33. The predicted octanol–water partition coefficient (Wildman–Crippen LogP) is 0.419. The lowest BCUT2D eigenvalue weighted by atomic mass is 10.0. The number of methoxy groups -OCH3 is 1. The van der Waals surface area contributed by atoms with Crippen LogP contribution in [0.15, 0.2) is 24.3 Å². The third-order valence-electron chi connectivity index (χ3n) is 3.77. The molecular formula is C15H20N2O4. The van der Waals surface area contributed by atoms with E-state index >= 15 is 0 Å². The second-order valence-corrected chi connectivity index (χ2v) is 4.97. The number of carbonyl (C=O) groups is 2. The third-order valence-corrected chi connectivity index (χ3v) is 3.77. The molecule has 2 amide bonds. The highest BCUT2D eigenvalue weighted by atomic mass is 16.5. The first-order valence-corrected chi connectivity index (χ1v) is 6.87. The van der Waals surface area contributed by atoms with Crippen LogP contribution in [0.3, 0.4) is 0 Å². The Hall–Kier alpha value is -2.08. The van der Waals surface area contributed by atoms with E-state index in [0.717, 1.165) is 5.56 Å². The van der Waals surface area contributed by atoms with Crippen LogP contribution < -0.4 is 4.74 Å². The zero-order valence-corrected chi connectivity index (χ0v) is 12.3. The molecule has 0 spiro atoms. The van der Waals surface area contributed by atoms with Gasteiger partial charge in [-0.25, -0.2) is 0 Å². The minimum atomic E-state index is -0.515. The lowest BCUT2D eigenvalue weighted by Gasteiger charge is -2.41. The van der Waals surface area contributed by atoms with E-state index in [9.17, 15) is 9.59 Å². The van der Waals surface area contributed by atoms with Crippen molar-refractivity contribution in [1.29, 1.82) is 0 Å². The Labute approximate surface area is 123 Å². The number of amides is 2. The van der Waals surface area contributed by atoms with Crippen LogP contribution in [0, 0.1) is 0 Å². The molecule has 1 fully saturated rings. The number of aliphatic hydroxyl groups excluding tert-OH is 1. The van der Waals surface area contributed by atoms with Crippen molar-refractivity contribution < 1.29 is 19.4 Å². The second-order valence-electron chi connectivity index (χ2n) is 4.97. The fourth-order valence-electron chi connectivity index (χ4n) is 2.69. The van der Waals surface area contributed by atoms with Crippen LogP contribution in [-0.4, -0.2) is 60.1 Å². The summed E-state index contributed by atoms with van der Waals surface area (Å²) in [6, 6.07) is 7.21. The van der Waals surface area contributed by atoms with Gasteiger partial charge in [-0.2, -0.15) is 0 Å². The SMILES string of the molecule is COc1ccccc1[C@@H]1CN(C(=O)CO)CCN1C(C)=O. The van der Waals surface area contributed by atoms with Gasteiger partial charge < -0.3 is 19.6 Å². The van der Waals surface area contributed by atoms with E-state index < -0.39 is 6.61 Å². The molecule has 114 valence electrons. The Kier molecular flexibility index (Phi) is 4.80. The van der Waals surface area contributed by atoms with Gasteiger partial charge in [0.1, 0.15) is 12.4 Å². The summed E-state index contributed by atoms with van der Waals surface area (Å²) in [4.78, 5) is 26.9. The number of aliphatic hydroxyl groups is 1. The molecule has 1 atom stereocenters. The summed E-state index contributed by atoms with van der Waals surface area (Å²) >= 11 is 0. The normalized spacial score (nSPS) is 18.5. The van der Waals surface area contributed by atoms with Crippen LogP contribution in [-0.2, 0) is 9.59 Å². The number of rotatable bonds is 3.